The van der Waals surface area contributed by atoms with E-state index in [4.69, 9.17) is 9.47 Å². The summed E-state index contributed by atoms with van der Waals surface area (Å²) in [5.41, 5.74) is 3.08. The molecule has 4 aromatic rings. The van der Waals surface area contributed by atoms with E-state index < -0.39 is 6.04 Å². The van der Waals surface area contributed by atoms with Crippen LogP contribution >= 0.6 is 0 Å². The van der Waals surface area contributed by atoms with Crippen molar-refractivity contribution in [1.82, 2.24) is 25.2 Å². The van der Waals surface area contributed by atoms with Crippen molar-refractivity contribution in [2.75, 3.05) is 20.3 Å². The van der Waals surface area contributed by atoms with E-state index in [0.29, 0.717) is 30.0 Å². The summed E-state index contributed by atoms with van der Waals surface area (Å²) >= 11 is 0. The molecule has 1 aliphatic heterocycles. The Bertz CT molecular complexity index is 1380. The molecule has 2 heterocycles. The average molecular weight is 514 g/mol. The zero-order valence-corrected chi connectivity index (χ0v) is 21.3. The van der Waals surface area contributed by atoms with Crippen LogP contribution in [0.15, 0.2) is 78.9 Å². The van der Waals surface area contributed by atoms with E-state index >= 15 is 0 Å². The lowest BCUT2D eigenvalue weighted by molar-refractivity contribution is -0.143. The van der Waals surface area contributed by atoms with Gasteiger partial charge in [-0.15, -0.1) is 5.10 Å². The number of hydrogen-bond donors (Lipinski definition) is 1. The minimum Gasteiger partial charge on any atom is -0.497 e. The largest absolute Gasteiger partial charge is 0.497 e. The normalized spacial score (nSPS) is 15.8. The molecule has 0 aliphatic carbocycles. The van der Waals surface area contributed by atoms with E-state index in [0.717, 1.165) is 23.9 Å². The zero-order chi connectivity index (χ0) is 26.3. The smallest absolute Gasteiger partial charge is 0.247 e. The number of aromatic nitrogens is 3. The first-order valence-electron chi connectivity index (χ1n) is 12.8. The van der Waals surface area contributed by atoms with Gasteiger partial charge >= 0.3 is 0 Å². The van der Waals surface area contributed by atoms with E-state index in [1.807, 2.05) is 72.8 Å². The second-order valence-electron chi connectivity index (χ2n) is 9.30. The van der Waals surface area contributed by atoms with Gasteiger partial charge in [0.15, 0.2) is 0 Å². The van der Waals surface area contributed by atoms with Crippen molar-refractivity contribution < 1.29 is 19.1 Å². The zero-order valence-electron chi connectivity index (χ0n) is 21.3. The van der Waals surface area contributed by atoms with Crippen molar-refractivity contribution in [2.45, 2.75) is 38.1 Å². The molecule has 0 unspecified atom stereocenters. The van der Waals surface area contributed by atoms with Gasteiger partial charge in [0.1, 0.15) is 23.9 Å². The maximum atomic E-state index is 14.0. The highest BCUT2D eigenvalue weighted by Gasteiger charge is 2.34. The van der Waals surface area contributed by atoms with Gasteiger partial charge in [-0.2, -0.15) is 0 Å². The number of para-hydroxylation sites is 1. The molecule has 3 aromatic carbocycles. The highest BCUT2D eigenvalue weighted by molar-refractivity contribution is 5.89. The van der Waals surface area contributed by atoms with Crippen LogP contribution in [0.3, 0.4) is 0 Å². The van der Waals surface area contributed by atoms with Gasteiger partial charge in [0.25, 0.3) is 0 Å². The van der Waals surface area contributed by atoms with Crippen molar-refractivity contribution in [3.8, 4) is 5.75 Å². The number of amides is 2. The molecular weight excluding hydrogens is 482 g/mol. The number of nitrogens with zero attached hydrogens (tertiary/aromatic N) is 4. The number of nitrogens with one attached hydrogen (secondary N) is 1. The predicted molar refractivity (Wildman–Crippen MR) is 142 cm³/mol. The highest BCUT2D eigenvalue weighted by atomic mass is 16.5. The number of ether oxygens (including phenoxy) is 2. The molecule has 1 aromatic heterocycles. The number of carbonyl (C=O) groups excluding carboxylic acids is 2. The second kappa shape index (κ2) is 11.9. The lowest BCUT2D eigenvalue weighted by atomic mass is 10.0. The Morgan fingerprint density at radius 1 is 1.11 bits per heavy atom. The molecule has 9 nitrogen and oxygen atoms in total. The van der Waals surface area contributed by atoms with Crippen LogP contribution in [0.2, 0.25) is 0 Å². The molecular formula is C29H31N5O4. The van der Waals surface area contributed by atoms with Crippen molar-refractivity contribution in [2.24, 2.45) is 0 Å². The summed E-state index contributed by atoms with van der Waals surface area (Å²) in [6.07, 6.45) is 1.60. The molecule has 1 saturated heterocycles. The number of benzene rings is 3. The number of carbonyl (C=O) groups is 2. The molecule has 196 valence electrons. The molecule has 5 rings (SSSR count). The summed E-state index contributed by atoms with van der Waals surface area (Å²) in [4.78, 5) is 29.4. The molecule has 2 atom stereocenters. The van der Waals surface area contributed by atoms with E-state index in [9.17, 15) is 9.59 Å². The fourth-order valence-electron chi connectivity index (χ4n) is 4.78. The van der Waals surface area contributed by atoms with Crippen LogP contribution in [0.5, 0.6) is 5.75 Å². The third-order valence-corrected chi connectivity index (χ3v) is 6.73. The van der Waals surface area contributed by atoms with Crippen LogP contribution in [0, 0.1) is 0 Å². The first-order chi connectivity index (χ1) is 18.6. The SMILES string of the molecule is COc1cccc([C@@H](C(=O)NCc2ccccc2)N(C[C@H]2CCCO2)C(=O)Cn2nnc3ccccc32)c1. The van der Waals surface area contributed by atoms with E-state index in [-0.39, 0.29) is 31.0 Å². The molecule has 0 radical (unpaired) electrons. The van der Waals surface area contributed by atoms with E-state index in [1.54, 1.807) is 22.8 Å². The van der Waals surface area contributed by atoms with Crippen LogP contribution in [-0.2, 0) is 27.4 Å². The monoisotopic (exact) mass is 513 g/mol. The summed E-state index contributed by atoms with van der Waals surface area (Å²) in [5, 5.41) is 11.4. The van der Waals surface area contributed by atoms with Crippen molar-refractivity contribution >= 4 is 22.8 Å². The number of methoxy groups -OCH3 is 1. The van der Waals surface area contributed by atoms with Crippen LogP contribution in [-0.4, -0.2) is 58.1 Å². The summed E-state index contributed by atoms with van der Waals surface area (Å²) < 4.78 is 12.9. The van der Waals surface area contributed by atoms with Crippen molar-refractivity contribution in [1.29, 1.82) is 0 Å². The molecule has 0 saturated carbocycles. The fraction of sp³-hybridized carbons (Fsp3) is 0.310. The van der Waals surface area contributed by atoms with Crippen LogP contribution < -0.4 is 10.1 Å². The molecule has 1 aliphatic rings. The average Bonchev–Trinajstić information content (AvgIpc) is 3.62. The van der Waals surface area contributed by atoms with Crippen LogP contribution in [0.4, 0.5) is 0 Å². The minimum absolute atomic E-state index is 0.0559. The lowest BCUT2D eigenvalue weighted by Gasteiger charge is -2.33. The van der Waals surface area contributed by atoms with Gasteiger partial charge in [-0.05, 0) is 48.2 Å². The predicted octanol–water partition coefficient (Wildman–Crippen LogP) is 3.51. The molecule has 2 amide bonds. The van der Waals surface area contributed by atoms with E-state index in [1.165, 1.54) is 0 Å². The Morgan fingerprint density at radius 2 is 1.92 bits per heavy atom. The minimum atomic E-state index is -0.889. The number of rotatable bonds is 10. The van der Waals surface area contributed by atoms with Crippen LogP contribution in [0.1, 0.15) is 30.0 Å². The Labute approximate surface area is 221 Å². The third kappa shape index (κ3) is 5.84. The van der Waals surface area contributed by atoms with Crippen molar-refractivity contribution in [3.63, 3.8) is 0 Å². The first-order valence-corrected chi connectivity index (χ1v) is 12.8. The summed E-state index contributed by atoms with van der Waals surface area (Å²) in [5.74, 6) is 0.0749. The molecule has 9 heteroatoms. The standard InChI is InChI=1S/C29H31N5O4/c1-37-23-12-7-11-22(17-23)28(29(36)30-18-21-9-3-2-4-10-21)33(19-24-13-8-16-38-24)27(35)20-34-26-15-6-5-14-25(26)31-32-34/h2-7,9-12,14-15,17,24,28H,8,13,16,18-20H2,1H3,(H,30,36)/t24-,28+/m1/s1. The molecule has 0 bridgehead atoms. The van der Waals surface area contributed by atoms with Gasteiger partial charge < -0.3 is 19.7 Å². The third-order valence-electron chi connectivity index (χ3n) is 6.73. The van der Waals surface area contributed by atoms with Gasteiger partial charge in [-0.3, -0.25) is 9.59 Å². The summed E-state index contributed by atoms with van der Waals surface area (Å²) in [6.45, 7) is 1.21. The van der Waals surface area contributed by atoms with E-state index in [2.05, 4.69) is 15.6 Å². The molecule has 1 fully saturated rings. The van der Waals surface area contributed by atoms with Gasteiger partial charge in [0.2, 0.25) is 11.8 Å². The van der Waals surface area contributed by atoms with Crippen molar-refractivity contribution in [3.05, 3.63) is 90.0 Å². The van der Waals surface area contributed by atoms with Gasteiger partial charge in [-0.25, -0.2) is 4.68 Å². The molecule has 38 heavy (non-hydrogen) atoms. The number of fused-ring (bicyclic) bond motifs is 1. The number of hydrogen-bond acceptors (Lipinski definition) is 6. The Morgan fingerprint density at radius 3 is 2.71 bits per heavy atom. The quantitative estimate of drug-likeness (QED) is 0.349. The Kier molecular flexibility index (Phi) is 7.94. The maximum Gasteiger partial charge on any atom is 0.247 e. The summed E-state index contributed by atoms with van der Waals surface area (Å²) in [7, 11) is 1.58. The van der Waals surface area contributed by atoms with Crippen LogP contribution in [0.25, 0.3) is 11.0 Å². The van der Waals surface area contributed by atoms with Gasteiger partial charge in [0, 0.05) is 19.7 Å². The topological polar surface area (TPSA) is 98.6 Å². The van der Waals surface area contributed by atoms with Gasteiger partial charge in [-0.1, -0.05) is 59.8 Å². The Balaban J connectivity index is 1.48. The molecule has 0 spiro atoms. The summed E-state index contributed by atoms with van der Waals surface area (Å²) in [6, 6.07) is 23.6. The fourth-order valence-corrected chi connectivity index (χ4v) is 4.78. The maximum absolute atomic E-state index is 14.0. The first kappa shape index (κ1) is 25.4. The van der Waals surface area contributed by atoms with Gasteiger partial charge in [0.05, 0.1) is 18.7 Å². The second-order valence-corrected chi connectivity index (χ2v) is 9.30. The Hall–Kier alpha value is -4.24. The highest BCUT2D eigenvalue weighted by Crippen LogP contribution is 2.28. The lowest BCUT2D eigenvalue weighted by Crippen LogP contribution is -2.47. The molecule has 1 N–H and O–H groups in total.